The van der Waals surface area contributed by atoms with Crippen LogP contribution in [0.25, 0.3) is 11.2 Å². The molecule has 0 spiro atoms. The van der Waals surface area contributed by atoms with E-state index in [4.69, 9.17) is 4.74 Å². The van der Waals surface area contributed by atoms with E-state index in [2.05, 4.69) is 32.2 Å². The SMILES string of the molecule is CCCNCCOc1ncnc2nc[nH]c12. The maximum absolute atomic E-state index is 5.54. The highest BCUT2D eigenvalue weighted by Gasteiger charge is 2.05. The zero-order valence-electron chi connectivity index (χ0n) is 9.23. The summed E-state index contributed by atoms with van der Waals surface area (Å²) in [5.74, 6) is 0.556. The summed E-state index contributed by atoms with van der Waals surface area (Å²) in [7, 11) is 0. The van der Waals surface area contributed by atoms with Crippen LogP contribution in [-0.4, -0.2) is 39.6 Å². The number of fused-ring (bicyclic) bond motifs is 1. The van der Waals surface area contributed by atoms with E-state index in [1.54, 1.807) is 6.33 Å². The molecule has 2 aromatic heterocycles. The highest BCUT2D eigenvalue weighted by atomic mass is 16.5. The van der Waals surface area contributed by atoms with Crippen molar-refractivity contribution in [2.24, 2.45) is 0 Å². The van der Waals surface area contributed by atoms with Crippen LogP contribution in [0.15, 0.2) is 12.7 Å². The summed E-state index contributed by atoms with van der Waals surface area (Å²) in [6.07, 6.45) is 4.16. The van der Waals surface area contributed by atoms with E-state index in [1.807, 2.05) is 0 Å². The van der Waals surface area contributed by atoms with Crippen LogP contribution in [0.2, 0.25) is 0 Å². The molecule has 0 aliphatic heterocycles. The van der Waals surface area contributed by atoms with Gasteiger partial charge in [0.2, 0.25) is 5.88 Å². The lowest BCUT2D eigenvalue weighted by atomic mass is 10.5. The van der Waals surface area contributed by atoms with E-state index < -0.39 is 0 Å². The molecule has 2 heterocycles. The van der Waals surface area contributed by atoms with Gasteiger partial charge in [0.1, 0.15) is 18.5 Å². The summed E-state index contributed by atoms with van der Waals surface area (Å²) in [5.41, 5.74) is 1.38. The van der Waals surface area contributed by atoms with Gasteiger partial charge in [-0.3, -0.25) is 0 Å². The standard InChI is InChI=1S/C10H15N5O/c1-2-3-11-4-5-16-10-8-9(13-6-12-8)14-7-15-10/h6-7,11H,2-5H2,1H3,(H,12,13,14,15). The van der Waals surface area contributed by atoms with Crippen molar-refractivity contribution in [1.82, 2.24) is 25.3 Å². The third kappa shape index (κ3) is 2.46. The normalized spacial score (nSPS) is 10.8. The fraction of sp³-hybridized carbons (Fsp3) is 0.500. The van der Waals surface area contributed by atoms with Crippen LogP contribution in [-0.2, 0) is 0 Å². The average molecular weight is 221 g/mol. The Hall–Kier alpha value is -1.69. The lowest BCUT2D eigenvalue weighted by Crippen LogP contribution is -2.21. The van der Waals surface area contributed by atoms with E-state index in [1.165, 1.54) is 6.33 Å². The fourth-order valence-electron chi connectivity index (χ4n) is 1.37. The quantitative estimate of drug-likeness (QED) is 0.703. The molecular formula is C10H15N5O. The summed E-state index contributed by atoms with van der Waals surface area (Å²) in [5, 5.41) is 3.25. The molecule has 0 unspecified atom stereocenters. The molecule has 2 N–H and O–H groups in total. The molecule has 0 aliphatic carbocycles. The summed E-state index contributed by atoms with van der Waals surface area (Å²) >= 11 is 0. The van der Waals surface area contributed by atoms with Gasteiger partial charge in [-0.05, 0) is 13.0 Å². The molecule has 0 bridgehead atoms. The van der Waals surface area contributed by atoms with Gasteiger partial charge in [-0.15, -0.1) is 0 Å². The Labute approximate surface area is 93.5 Å². The second-order valence-corrected chi connectivity index (χ2v) is 3.38. The molecule has 86 valence electrons. The molecule has 0 aliphatic rings. The molecule has 0 aromatic carbocycles. The van der Waals surface area contributed by atoms with Crippen LogP contribution < -0.4 is 10.1 Å². The van der Waals surface area contributed by atoms with Gasteiger partial charge in [-0.2, -0.15) is 4.98 Å². The first kappa shape index (κ1) is 10.8. The highest BCUT2D eigenvalue weighted by Crippen LogP contribution is 2.16. The molecule has 16 heavy (non-hydrogen) atoms. The van der Waals surface area contributed by atoms with Crippen molar-refractivity contribution < 1.29 is 4.74 Å². The van der Waals surface area contributed by atoms with Crippen molar-refractivity contribution in [3.8, 4) is 5.88 Å². The average Bonchev–Trinajstić information content (AvgIpc) is 2.77. The van der Waals surface area contributed by atoms with Gasteiger partial charge >= 0.3 is 0 Å². The zero-order valence-corrected chi connectivity index (χ0v) is 9.23. The Bertz CT molecular complexity index is 441. The third-order valence-corrected chi connectivity index (χ3v) is 2.13. The number of aromatic nitrogens is 4. The Kier molecular flexibility index (Phi) is 3.66. The topological polar surface area (TPSA) is 75.7 Å². The lowest BCUT2D eigenvalue weighted by molar-refractivity contribution is 0.305. The minimum absolute atomic E-state index is 0.556. The summed E-state index contributed by atoms with van der Waals surface area (Å²) in [6.45, 7) is 4.54. The van der Waals surface area contributed by atoms with Crippen molar-refractivity contribution in [1.29, 1.82) is 0 Å². The van der Waals surface area contributed by atoms with Gasteiger partial charge in [-0.1, -0.05) is 6.92 Å². The molecule has 6 heteroatoms. The van der Waals surface area contributed by atoms with Gasteiger partial charge in [-0.25, -0.2) is 9.97 Å². The molecule has 0 amide bonds. The Morgan fingerprint density at radius 3 is 3.12 bits per heavy atom. The molecule has 2 aromatic rings. The first-order valence-electron chi connectivity index (χ1n) is 5.39. The molecule has 0 atom stereocenters. The van der Waals surface area contributed by atoms with Crippen LogP contribution in [0, 0.1) is 0 Å². The van der Waals surface area contributed by atoms with E-state index in [9.17, 15) is 0 Å². The molecule has 2 rings (SSSR count). The van der Waals surface area contributed by atoms with Gasteiger partial charge in [0.05, 0.1) is 6.33 Å². The zero-order chi connectivity index (χ0) is 11.2. The van der Waals surface area contributed by atoms with Crippen molar-refractivity contribution in [3.05, 3.63) is 12.7 Å². The Morgan fingerprint density at radius 2 is 2.25 bits per heavy atom. The summed E-state index contributed by atoms with van der Waals surface area (Å²) < 4.78 is 5.54. The number of ether oxygens (including phenoxy) is 1. The van der Waals surface area contributed by atoms with Crippen LogP contribution in [0.3, 0.4) is 0 Å². The van der Waals surface area contributed by atoms with Crippen molar-refractivity contribution in [3.63, 3.8) is 0 Å². The maximum atomic E-state index is 5.54. The lowest BCUT2D eigenvalue weighted by Gasteiger charge is -2.05. The predicted molar refractivity (Wildman–Crippen MR) is 60.3 cm³/mol. The van der Waals surface area contributed by atoms with E-state index in [0.29, 0.717) is 18.1 Å². The second-order valence-electron chi connectivity index (χ2n) is 3.38. The van der Waals surface area contributed by atoms with Gasteiger partial charge < -0.3 is 15.0 Å². The van der Waals surface area contributed by atoms with Gasteiger partial charge in [0, 0.05) is 6.54 Å². The van der Waals surface area contributed by atoms with Crippen molar-refractivity contribution in [2.75, 3.05) is 19.7 Å². The van der Waals surface area contributed by atoms with E-state index >= 15 is 0 Å². The molecule has 0 saturated heterocycles. The minimum Gasteiger partial charge on any atom is -0.475 e. The largest absolute Gasteiger partial charge is 0.475 e. The monoisotopic (exact) mass is 221 g/mol. The number of imidazole rings is 1. The van der Waals surface area contributed by atoms with Crippen molar-refractivity contribution in [2.45, 2.75) is 13.3 Å². The highest BCUT2D eigenvalue weighted by molar-refractivity contribution is 5.74. The summed E-state index contributed by atoms with van der Waals surface area (Å²) in [6, 6.07) is 0. The molecule has 0 fully saturated rings. The molecule has 0 radical (unpaired) electrons. The first-order valence-corrected chi connectivity index (χ1v) is 5.39. The molecule has 6 nitrogen and oxygen atoms in total. The number of H-pyrrole nitrogens is 1. The number of nitrogens with zero attached hydrogens (tertiary/aromatic N) is 3. The number of hydrogen-bond acceptors (Lipinski definition) is 5. The second kappa shape index (κ2) is 5.41. The smallest absolute Gasteiger partial charge is 0.243 e. The van der Waals surface area contributed by atoms with Gasteiger partial charge in [0.15, 0.2) is 5.65 Å². The Morgan fingerprint density at radius 1 is 1.31 bits per heavy atom. The van der Waals surface area contributed by atoms with E-state index in [0.717, 1.165) is 25.0 Å². The number of hydrogen-bond donors (Lipinski definition) is 2. The Balaban J connectivity index is 1.91. The van der Waals surface area contributed by atoms with Gasteiger partial charge in [0.25, 0.3) is 0 Å². The van der Waals surface area contributed by atoms with Crippen molar-refractivity contribution >= 4 is 11.2 Å². The van der Waals surface area contributed by atoms with Crippen LogP contribution in [0.1, 0.15) is 13.3 Å². The first-order chi connectivity index (χ1) is 7.92. The maximum Gasteiger partial charge on any atom is 0.243 e. The van der Waals surface area contributed by atoms with Crippen LogP contribution in [0.5, 0.6) is 5.88 Å². The fourth-order valence-corrected chi connectivity index (χ4v) is 1.37. The van der Waals surface area contributed by atoms with Crippen LogP contribution >= 0.6 is 0 Å². The predicted octanol–water partition coefficient (Wildman–Crippen LogP) is 0.731. The third-order valence-electron chi connectivity index (χ3n) is 2.13. The summed E-state index contributed by atoms with van der Waals surface area (Å²) in [4.78, 5) is 15.1. The molecular weight excluding hydrogens is 206 g/mol. The number of aromatic amines is 1. The number of nitrogens with one attached hydrogen (secondary N) is 2. The number of rotatable bonds is 6. The minimum atomic E-state index is 0.556. The molecule has 0 saturated carbocycles. The van der Waals surface area contributed by atoms with E-state index in [-0.39, 0.29) is 0 Å². The van der Waals surface area contributed by atoms with Crippen LogP contribution in [0.4, 0.5) is 0 Å².